The van der Waals surface area contributed by atoms with E-state index >= 15 is 0 Å². The molecule has 6 nitrogen and oxygen atoms in total. The first kappa shape index (κ1) is 24.4. The summed E-state index contributed by atoms with van der Waals surface area (Å²) in [5.41, 5.74) is 2.01. The van der Waals surface area contributed by atoms with Crippen LogP contribution in [0.2, 0.25) is 0 Å². The Balaban J connectivity index is 1.83. The maximum absolute atomic E-state index is 13.7. The van der Waals surface area contributed by atoms with Gasteiger partial charge >= 0.3 is 0 Å². The molecule has 2 heterocycles. The minimum atomic E-state index is -0.264. The average Bonchev–Trinajstić information content (AvgIpc) is 3.49. The van der Waals surface area contributed by atoms with E-state index in [4.69, 9.17) is 4.42 Å². The molecule has 33 heavy (non-hydrogen) atoms. The van der Waals surface area contributed by atoms with Crippen molar-refractivity contribution in [3.63, 3.8) is 0 Å². The van der Waals surface area contributed by atoms with Gasteiger partial charge < -0.3 is 18.8 Å². The molecule has 0 saturated heterocycles. The zero-order valence-electron chi connectivity index (χ0n) is 20.1. The second-order valence-electron chi connectivity index (χ2n) is 8.53. The summed E-state index contributed by atoms with van der Waals surface area (Å²) in [4.78, 5) is 30.7. The smallest absolute Gasteiger partial charge is 0.242 e. The zero-order valence-corrected chi connectivity index (χ0v) is 20.1. The van der Waals surface area contributed by atoms with Crippen molar-refractivity contribution in [1.29, 1.82) is 0 Å². The van der Waals surface area contributed by atoms with E-state index < -0.39 is 0 Å². The van der Waals surface area contributed by atoms with Crippen molar-refractivity contribution in [3.05, 3.63) is 84.1 Å². The largest absolute Gasteiger partial charge is 0.467 e. The SMILES string of the molecule is CCC(C(=O)N(CC(=O)N(Cc1ccco1)Cc1cccn1C)C(C)CC)c1ccccc1. The van der Waals surface area contributed by atoms with Gasteiger partial charge in [0, 0.05) is 25.0 Å². The fourth-order valence-electron chi connectivity index (χ4n) is 4.03. The van der Waals surface area contributed by atoms with Gasteiger partial charge in [0.15, 0.2) is 0 Å². The Bertz CT molecular complexity index is 1010. The second kappa shape index (κ2) is 11.5. The van der Waals surface area contributed by atoms with Crippen molar-refractivity contribution < 1.29 is 14.0 Å². The van der Waals surface area contributed by atoms with Crippen molar-refractivity contribution in [2.45, 2.75) is 58.7 Å². The van der Waals surface area contributed by atoms with E-state index in [1.807, 2.05) is 93.2 Å². The van der Waals surface area contributed by atoms with Crippen LogP contribution in [-0.4, -0.2) is 38.8 Å². The van der Waals surface area contributed by atoms with Gasteiger partial charge in [-0.3, -0.25) is 9.59 Å². The first-order chi connectivity index (χ1) is 15.9. The third kappa shape index (κ3) is 6.15. The lowest BCUT2D eigenvalue weighted by Crippen LogP contribution is -2.47. The number of hydrogen-bond donors (Lipinski definition) is 0. The van der Waals surface area contributed by atoms with Crippen LogP contribution in [-0.2, 0) is 29.7 Å². The topological polar surface area (TPSA) is 58.7 Å². The van der Waals surface area contributed by atoms with Gasteiger partial charge in [0.05, 0.1) is 25.3 Å². The minimum Gasteiger partial charge on any atom is -0.467 e. The molecule has 0 saturated carbocycles. The highest BCUT2D eigenvalue weighted by Crippen LogP contribution is 2.24. The van der Waals surface area contributed by atoms with Crippen LogP contribution in [0.1, 0.15) is 56.5 Å². The molecule has 0 fully saturated rings. The van der Waals surface area contributed by atoms with Crippen molar-refractivity contribution in [2.24, 2.45) is 7.05 Å². The van der Waals surface area contributed by atoms with E-state index in [1.54, 1.807) is 16.1 Å². The van der Waals surface area contributed by atoms with Gasteiger partial charge in [-0.2, -0.15) is 0 Å². The summed E-state index contributed by atoms with van der Waals surface area (Å²) >= 11 is 0. The number of aromatic nitrogens is 1. The number of aryl methyl sites for hydroxylation is 1. The van der Waals surface area contributed by atoms with Gasteiger partial charge in [0.2, 0.25) is 11.8 Å². The Morgan fingerprint density at radius 3 is 2.30 bits per heavy atom. The molecule has 6 heteroatoms. The van der Waals surface area contributed by atoms with Crippen LogP contribution in [0.4, 0.5) is 0 Å². The molecule has 3 rings (SSSR count). The Hall–Kier alpha value is -3.28. The molecular formula is C27H35N3O3. The van der Waals surface area contributed by atoms with E-state index in [2.05, 4.69) is 0 Å². The number of rotatable bonds is 11. The van der Waals surface area contributed by atoms with Crippen molar-refractivity contribution >= 4 is 11.8 Å². The molecule has 3 aromatic rings. The molecule has 0 aliphatic rings. The summed E-state index contributed by atoms with van der Waals surface area (Å²) < 4.78 is 7.52. The predicted molar refractivity (Wildman–Crippen MR) is 129 cm³/mol. The maximum atomic E-state index is 13.7. The van der Waals surface area contributed by atoms with Gasteiger partial charge in [0.25, 0.3) is 0 Å². The summed E-state index contributed by atoms with van der Waals surface area (Å²) in [6.07, 6.45) is 5.04. The molecule has 0 aliphatic heterocycles. The molecular weight excluding hydrogens is 414 g/mol. The molecule has 2 unspecified atom stereocenters. The molecule has 0 spiro atoms. The molecule has 0 radical (unpaired) electrons. The number of nitrogens with zero attached hydrogens (tertiary/aromatic N) is 3. The second-order valence-corrected chi connectivity index (χ2v) is 8.53. The van der Waals surface area contributed by atoms with E-state index in [1.165, 1.54) is 0 Å². The molecule has 1 aromatic carbocycles. The van der Waals surface area contributed by atoms with E-state index in [0.717, 1.165) is 23.4 Å². The number of carbonyl (C=O) groups is 2. The van der Waals surface area contributed by atoms with Crippen molar-refractivity contribution in [2.75, 3.05) is 6.54 Å². The number of benzene rings is 1. The summed E-state index contributed by atoms with van der Waals surface area (Å²) in [6, 6.07) is 17.4. The van der Waals surface area contributed by atoms with Gasteiger partial charge in [-0.1, -0.05) is 44.2 Å². The van der Waals surface area contributed by atoms with Crippen LogP contribution >= 0.6 is 0 Å². The minimum absolute atomic E-state index is 0.00298. The standard InChI is InChI=1S/C27H35N3O3/c1-5-21(3)30(27(32)25(6-2)22-12-8-7-9-13-22)20-26(31)29(19-24-15-11-17-33-24)18-23-14-10-16-28(23)4/h7-17,21,25H,5-6,18-20H2,1-4H3. The highest BCUT2D eigenvalue weighted by Gasteiger charge is 2.30. The van der Waals surface area contributed by atoms with E-state index in [0.29, 0.717) is 19.5 Å². The molecule has 2 atom stereocenters. The first-order valence-electron chi connectivity index (χ1n) is 11.7. The van der Waals surface area contributed by atoms with E-state index in [9.17, 15) is 9.59 Å². The molecule has 0 aliphatic carbocycles. The number of carbonyl (C=O) groups excluding carboxylic acids is 2. The van der Waals surface area contributed by atoms with Crippen LogP contribution in [0.5, 0.6) is 0 Å². The average molecular weight is 450 g/mol. The monoisotopic (exact) mass is 449 g/mol. The number of furan rings is 1. The highest BCUT2D eigenvalue weighted by molar-refractivity contribution is 5.88. The van der Waals surface area contributed by atoms with Crippen LogP contribution in [0.15, 0.2) is 71.5 Å². The van der Waals surface area contributed by atoms with Gasteiger partial charge in [-0.15, -0.1) is 0 Å². The fourth-order valence-corrected chi connectivity index (χ4v) is 4.03. The highest BCUT2D eigenvalue weighted by atomic mass is 16.3. The molecule has 0 N–H and O–H groups in total. The summed E-state index contributed by atoms with van der Waals surface area (Å²) in [5, 5.41) is 0. The molecule has 2 aromatic heterocycles. The van der Waals surface area contributed by atoms with Crippen LogP contribution in [0.25, 0.3) is 0 Å². The summed E-state index contributed by atoms with van der Waals surface area (Å²) in [6.45, 7) is 6.92. The third-order valence-corrected chi connectivity index (χ3v) is 6.30. The predicted octanol–water partition coefficient (Wildman–Crippen LogP) is 4.97. The van der Waals surface area contributed by atoms with E-state index in [-0.39, 0.29) is 30.3 Å². The van der Waals surface area contributed by atoms with Crippen LogP contribution in [0.3, 0.4) is 0 Å². The molecule has 176 valence electrons. The van der Waals surface area contributed by atoms with Crippen LogP contribution < -0.4 is 0 Å². The quantitative estimate of drug-likeness (QED) is 0.415. The lowest BCUT2D eigenvalue weighted by Gasteiger charge is -2.33. The summed E-state index contributed by atoms with van der Waals surface area (Å²) in [5.74, 6) is 0.362. The Morgan fingerprint density at radius 2 is 1.73 bits per heavy atom. The maximum Gasteiger partial charge on any atom is 0.242 e. The Kier molecular flexibility index (Phi) is 8.52. The van der Waals surface area contributed by atoms with Gasteiger partial charge in [-0.05, 0) is 49.6 Å². The van der Waals surface area contributed by atoms with Crippen molar-refractivity contribution in [3.8, 4) is 0 Å². The Morgan fingerprint density at radius 1 is 0.970 bits per heavy atom. The third-order valence-electron chi connectivity index (χ3n) is 6.30. The first-order valence-corrected chi connectivity index (χ1v) is 11.7. The van der Waals surface area contributed by atoms with Gasteiger partial charge in [0.1, 0.15) is 12.3 Å². The lowest BCUT2D eigenvalue weighted by atomic mass is 9.94. The fraction of sp³-hybridized carbons (Fsp3) is 0.407. The van der Waals surface area contributed by atoms with Crippen LogP contribution in [0, 0.1) is 0 Å². The number of amides is 2. The summed E-state index contributed by atoms with van der Waals surface area (Å²) in [7, 11) is 1.96. The lowest BCUT2D eigenvalue weighted by molar-refractivity contribution is -0.144. The number of hydrogen-bond acceptors (Lipinski definition) is 3. The molecule has 2 amide bonds. The molecule has 0 bridgehead atoms. The zero-order chi connectivity index (χ0) is 23.8. The van der Waals surface area contributed by atoms with Crippen molar-refractivity contribution in [1.82, 2.24) is 14.4 Å². The van der Waals surface area contributed by atoms with Gasteiger partial charge in [-0.25, -0.2) is 0 Å². The normalized spacial score (nSPS) is 12.8. The Labute approximate surface area is 196 Å².